The Morgan fingerprint density at radius 1 is 1.50 bits per heavy atom. The SMILES string of the molecule is CN=CSC=C(C)C. The number of hydrogen-bond acceptors (Lipinski definition) is 2. The molecule has 0 aliphatic carbocycles. The maximum Gasteiger partial charge on any atom is 0.0579 e. The summed E-state index contributed by atoms with van der Waals surface area (Å²) in [6.45, 7) is 4.13. The summed E-state index contributed by atoms with van der Waals surface area (Å²) in [4.78, 5) is 3.80. The van der Waals surface area contributed by atoms with Crippen molar-refractivity contribution in [1.29, 1.82) is 0 Å². The van der Waals surface area contributed by atoms with E-state index in [0.717, 1.165) is 0 Å². The van der Waals surface area contributed by atoms with Gasteiger partial charge in [-0.25, -0.2) is 0 Å². The minimum absolute atomic E-state index is 1.31. The zero-order valence-electron chi connectivity index (χ0n) is 5.51. The van der Waals surface area contributed by atoms with E-state index in [9.17, 15) is 0 Å². The zero-order valence-corrected chi connectivity index (χ0v) is 6.33. The lowest BCUT2D eigenvalue weighted by Crippen LogP contribution is -1.60. The third-order valence-electron chi connectivity index (χ3n) is 0.470. The van der Waals surface area contributed by atoms with Gasteiger partial charge in [0.1, 0.15) is 0 Å². The molecule has 0 spiro atoms. The van der Waals surface area contributed by atoms with Crippen LogP contribution < -0.4 is 0 Å². The van der Waals surface area contributed by atoms with Crippen molar-refractivity contribution in [2.75, 3.05) is 7.05 Å². The fraction of sp³-hybridized carbons (Fsp3) is 0.500. The summed E-state index contributed by atoms with van der Waals surface area (Å²) < 4.78 is 0. The molecule has 0 aromatic rings. The summed E-state index contributed by atoms with van der Waals surface area (Å²) >= 11 is 1.61. The highest BCUT2D eigenvalue weighted by Crippen LogP contribution is 2.01. The molecule has 0 aromatic carbocycles. The Balaban J connectivity index is 3.30. The van der Waals surface area contributed by atoms with Crippen molar-refractivity contribution >= 4 is 17.3 Å². The molecule has 2 heteroatoms. The van der Waals surface area contributed by atoms with E-state index in [0.29, 0.717) is 0 Å². The summed E-state index contributed by atoms with van der Waals surface area (Å²) in [5.41, 5.74) is 3.13. The van der Waals surface area contributed by atoms with Crippen LogP contribution in [0.25, 0.3) is 0 Å². The van der Waals surface area contributed by atoms with Gasteiger partial charge in [0.15, 0.2) is 0 Å². The van der Waals surface area contributed by atoms with Gasteiger partial charge in [0, 0.05) is 7.05 Å². The molecule has 46 valence electrons. The van der Waals surface area contributed by atoms with Crippen molar-refractivity contribution in [3.05, 3.63) is 11.0 Å². The van der Waals surface area contributed by atoms with Gasteiger partial charge in [-0.3, -0.25) is 4.99 Å². The zero-order chi connectivity index (χ0) is 6.41. The molecule has 0 aromatic heterocycles. The molecule has 0 aliphatic heterocycles. The largest absolute Gasteiger partial charge is 0.289 e. The second-order valence-electron chi connectivity index (χ2n) is 1.69. The van der Waals surface area contributed by atoms with Crippen molar-refractivity contribution in [3.63, 3.8) is 0 Å². The van der Waals surface area contributed by atoms with Gasteiger partial charge >= 0.3 is 0 Å². The van der Waals surface area contributed by atoms with Crippen LogP contribution in [-0.2, 0) is 0 Å². The molecular weight excluding hydrogens is 118 g/mol. The van der Waals surface area contributed by atoms with Crippen LogP contribution in [0.3, 0.4) is 0 Å². The van der Waals surface area contributed by atoms with E-state index in [4.69, 9.17) is 0 Å². The molecule has 0 unspecified atom stereocenters. The summed E-state index contributed by atoms with van der Waals surface area (Å²) in [7, 11) is 1.77. The molecular formula is C6H11NS. The third-order valence-corrected chi connectivity index (χ3v) is 1.41. The first kappa shape index (κ1) is 7.76. The smallest absolute Gasteiger partial charge is 0.0579 e. The van der Waals surface area contributed by atoms with Gasteiger partial charge in [-0.1, -0.05) is 17.3 Å². The average Bonchev–Trinajstić information content (AvgIpc) is 1.66. The first-order chi connectivity index (χ1) is 3.77. The number of thioether (sulfide) groups is 1. The second-order valence-corrected chi connectivity index (χ2v) is 2.41. The molecule has 0 heterocycles. The molecule has 0 bridgehead atoms. The molecule has 0 saturated carbocycles. The number of aliphatic imine (C=N–C) groups is 1. The third kappa shape index (κ3) is 5.76. The monoisotopic (exact) mass is 129 g/mol. The Bertz CT molecular complexity index is 101. The first-order valence-corrected chi connectivity index (χ1v) is 3.41. The highest BCUT2D eigenvalue weighted by molar-refractivity contribution is 8.14. The summed E-state index contributed by atoms with van der Waals surface area (Å²) in [6, 6.07) is 0. The Morgan fingerprint density at radius 3 is 2.50 bits per heavy atom. The van der Waals surface area contributed by atoms with E-state index in [1.807, 2.05) is 5.55 Å². The fourth-order valence-electron chi connectivity index (χ4n) is 0.227. The fourth-order valence-corrected chi connectivity index (χ4v) is 0.682. The lowest BCUT2D eigenvalue weighted by atomic mass is 10.4. The van der Waals surface area contributed by atoms with E-state index in [1.165, 1.54) is 5.57 Å². The van der Waals surface area contributed by atoms with Crippen molar-refractivity contribution in [2.45, 2.75) is 13.8 Å². The van der Waals surface area contributed by atoms with Crippen LogP contribution in [-0.4, -0.2) is 12.6 Å². The molecule has 0 rings (SSSR count). The summed E-state index contributed by atoms with van der Waals surface area (Å²) in [5.74, 6) is 0. The van der Waals surface area contributed by atoms with Crippen LogP contribution in [0.1, 0.15) is 13.8 Å². The van der Waals surface area contributed by atoms with Gasteiger partial charge in [0.25, 0.3) is 0 Å². The summed E-state index contributed by atoms with van der Waals surface area (Å²) in [5, 5.41) is 2.06. The van der Waals surface area contributed by atoms with Gasteiger partial charge in [-0.15, -0.1) is 0 Å². The van der Waals surface area contributed by atoms with E-state index >= 15 is 0 Å². The van der Waals surface area contributed by atoms with Crippen molar-refractivity contribution in [1.82, 2.24) is 0 Å². The molecule has 8 heavy (non-hydrogen) atoms. The molecule has 0 saturated heterocycles. The van der Waals surface area contributed by atoms with Crippen LogP contribution in [0.5, 0.6) is 0 Å². The van der Waals surface area contributed by atoms with Gasteiger partial charge in [0.05, 0.1) is 5.55 Å². The number of rotatable bonds is 2. The molecule has 1 nitrogen and oxygen atoms in total. The molecule has 0 N–H and O–H groups in total. The predicted octanol–water partition coefficient (Wildman–Crippen LogP) is 2.30. The molecule has 0 atom stereocenters. The predicted molar refractivity (Wildman–Crippen MR) is 41.4 cm³/mol. The lowest BCUT2D eigenvalue weighted by Gasteiger charge is -1.82. The van der Waals surface area contributed by atoms with Gasteiger partial charge in [-0.05, 0) is 19.3 Å². The van der Waals surface area contributed by atoms with E-state index < -0.39 is 0 Å². The van der Waals surface area contributed by atoms with Crippen LogP contribution >= 0.6 is 11.8 Å². The maximum absolute atomic E-state index is 3.80. The van der Waals surface area contributed by atoms with Gasteiger partial charge < -0.3 is 0 Å². The standard InChI is InChI=1S/C6H11NS/c1-6(2)4-8-5-7-3/h4-5H,1-3H3. The number of hydrogen-bond donors (Lipinski definition) is 0. The summed E-state index contributed by atoms with van der Waals surface area (Å²) in [6.07, 6.45) is 0. The first-order valence-electron chi connectivity index (χ1n) is 2.47. The van der Waals surface area contributed by atoms with Gasteiger partial charge in [-0.2, -0.15) is 0 Å². The van der Waals surface area contributed by atoms with Crippen LogP contribution in [0.4, 0.5) is 0 Å². The number of allylic oxidation sites excluding steroid dienone is 1. The molecule has 0 aliphatic rings. The van der Waals surface area contributed by atoms with Crippen molar-refractivity contribution in [2.24, 2.45) is 4.99 Å². The minimum Gasteiger partial charge on any atom is -0.289 e. The highest BCUT2D eigenvalue weighted by atomic mass is 32.2. The van der Waals surface area contributed by atoms with Crippen molar-refractivity contribution in [3.8, 4) is 0 Å². The van der Waals surface area contributed by atoms with Gasteiger partial charge in [0.2, 0.25) is 0 Å². The average molecular weight is 129 g/mol. The van der Waals surface area contributed by atoms with E-state index in [-0.39, 0.29) is 0 Å². The number of nitrogens with zero attached hydrogens (tertiary/aromatic N) is 1. The molecule has 0 amide bonds. The topological polar surface area (TPSA) is 12.4 Å². The Kier molecular flexibility index (Phi) is 4.76. The minimum atomic E-state index is 1.31. The lowest BCUT2D eigenvalue weighted by molar-refractivity contribution is 1.42. The van der Waals surface area contributed by atoms with Crippen LogP contribution in [0.15, 0.2) is 16.0 Å². The second kappa shape index (κ2) is 4.91. The maximum atomic E-state index is 3.80. The van der Waals surface area contributed by atoms with E-state index in [2.05, 4.69) is 24.2 Å². The normalized spacial score (nSPS) is 9.88. The van der Waals surface area contributed by atoms with Crippen molar-refractivity contribution < 1.29 is 0 Å². The highest BCUT2D eigenvalue weighted by Gasteiger charge is 1.72. The quantitative estimate of drug-likeness (QED) is 0.411. The van der Waals surface area contributed by atoms with E-state index in [1.54, 1.807) is 18.8 Å². The Morgan fingerprint density at radius 2 is 2.12 bits per heavy atom. The molecule has 0 fully saturated rings. The van der Waals surface area contributed by atoms with Crippen LogP contribution in [0.2, 0.25) is 0 Å². The molecule has 0 radical (unpaired) electrons. The van der Waals surface area contributed by atoms with Crippen LogP contribution in [0, 0.1) is 0 Å². The Hall–Kier alpha value is -0.240. The Labute approximate surface area is 54.9 Å².